The van der Waals surface area contributed by atoms with E-state index >= 15 is 0 Å². The first-order chi connectivity index (χ1) is 9.47. The lowest BCUT2D eigenvalue weighted by Gasteiger charge is -2.12. The van der Waals surface area contributed by atoms with Gasteiger partial charge in [0.1, 0.15) is 11.5 Å². The Morgan fingerprint density at radius 3 is 2.40 bits per heavy atom. The summed E-state index contributed by atoms with van der Waals surface area (Å²) < 4.78 is 5.76. The van der Waals surface area contributed by atoms with Crippen molar-refractivity contribution < 1.29 is 14.3 Å². The van der Waals surface area contributed by atoms with Gasteiger partial charge in [-0.05, 0) is 36.4 Å². The highest BCUT2D eigenvalue weighted by atomic mass is 16.4. The molecule has 1 unspecified atom stereocenters. The van der Waals surface area contributed by atoms with Gasteiger partial charge in [-0.15, -0.1) is 0 Å². The fourth-order valence-electron chi connectivity index (χ4n) is 2.06. The van der Waals surface area contributed by atoms with Crippen LogP contribution in [-0.2, 0) is 4.79 Å². The van der Waals surface area contributed by atoms with Crippen molar-refractivity contribution in [2.24, 2.45) is 0 Å². The first kappa shape index (κ1) is 14.2. The number of carboxylic acid groups (broad SMARTS) is 1. The Labute approximate surface area is 118 Å². The van der Waals surface area contributed by atoms with Gasteiger partial charge in [-0.2, -0.15) is 0 Å². The molecule has 1 atom stereocenters. The molecule has 2 aromatic rings. The van der Waals surface area contributed by atoms with Crippen LogP contribution in [0.25, 0.3) is 11.3 Å². The molecule has 0 aliphatic heterocycles. The van der Waals surface area contributed by atoms with Crippen LogP contribution in [0.5, 0.6) is 0 Å². The second-order valence-corrected chi connectivity index (χ2v) is 5.14. The van der Waals surface area contributed by atoms with Gasteiger partial charge in [0.15, 0.2) is 0 Å². The summed E-state index contributed by atoms with van der Waals surface area (Å²) in [5, 5.41) is 8.81. The molecular formula is C16H19NO3. The molecule has 0 saturated heterocycles. The minimum absolute atomic E-state index is 0.0759. The van der Waals surface area contributed by atoms with Crippen molar-refractivity contribution in [3.05, 3.63) is 42.2 Å². The van der Waals surface area contributed by atoms with Crippen LogP contribution in [0.4, 0.5) is 5.69 Å². The molecule has 1 aromatic carbocycles. The zero-order valence-corrected chi connectivity index (χ0v) is 12.0. The van der Waals surface area contributed by atoms with E-state index in [1.54, 1.807) is 0 Å². The average molecular weight is 273 g/mol. The zero-order chi connectivity index (χ0) is 14.7. The van der Waals surface area contributed by atoms with Crippen LogP contribution in [0.15, 0.2) is 40.8 Å². The zero-order valence-electron chi connectivity index (χ0n) is 12.0. The van der Waals surface area contributed by atoms with Crippen molar-refractivity contribution in [1.82, 2.24) is 0 Å². The first-order valence-corrected chi connectivity index (χ1v) is 6.56. The molecule has 106 valence electrons. The van der Waals surface area contributed by atoms with Crippen LogP contribution in [0.3, 0.4) is 0 Å². The Balaban J connectivity index is 2.17. The predicted octanol–water partition coefficient (Wildman–Crippen LogP) is 3.59. The standard InChI is InChI=1S/C16H19NO3/c1-11(10-16(18)19)14-8-9-15(20-14)12-4-6-13(7-5-12)17(2)3/h4-9,11H,10H2,1-3H3,(H,18,19). The maximum atomic E-state index is 10.7. The number of carbonyl (C=O) groups is 1. The highest BCUT2D eigenvalue weighted by molar-refractivity contribution is 5.68. The number of rotatable bonds is 5. The minimum Gasteiger partial charge on any atom is -0.481 e. The van der Waals surface area contributed by atoms with Gasteiger partial charge < -0.3 is 14.4 Å². The molecule has 1 heterocycles. The van der Waals surface area contributed by atoms with E-state index in [2.05, 4.69) is 0 Å². The van der Waals surface area contributed by atoms with Crippen molar-refractivity contribution in [2.45, 2.75) is 19.3 Å². The van der Waals surface area contributed by atoms with Gasteiger partial charge in [-0.1, -0.05) is 6.92 Å². The molecule has 0 spiro atoms. The van der Waals surface area contributed by atoms with Crippen molar-refractivity contribution in [3.8, 4) is 11.3 Å². The molecule has 2 rings (SSSR count). The number of benzene rings is 1. The van der Waals surface area contributed by atoms with Crippen molar-refractivity contribution in [1.29, 1.82) is 0 Å². The number of aliphatic carboxylic acids is 1. The quantitative estimate of drug-likeness (QED) is 0.904. The Bertz CT molecular complexity index is 584. The molecule has 0 bridgehead atoms. The van der Waals surface area contributed by atoms with Crippen LogP contribution in [0.1, 0.15) is 25.0 Å². The molecule has 0 radical (unpaired) electrons. The largest absolute Gasteiger partial charge is 0.481 e. The molecular weight excluding hydrogens is 254 g/mol. The summed E-state index contributed by atoms with van der Waals surface area (Å²) >= 11 is 0. The Hall–Kier alpha value is -2.23. The van der Waals surface area contributed by atoms with Gasteiger partial charge in [0.2, 0.25) is 0 Å². The van der Waals surface area contributed by atoms with Crippen molar-refractivity contribution in [3.63, 3.8) is 0 Å². The molecule has 0 fully saturated rings. The second kappa shape index (κ2) is 5.82. The Morgan fingerprint density at radius 2 is 1.85 bits per heavy atom. The van der Waals surface area contributed by atoms with E-state index in [9.17, 15) is 4.79 Å². The highest BCUT2D eigenvalue weighted by Crippen LogP contribution is 2.28. The lowest BCUT2D eigenvalue weighted by molar-refractivity contribution is -0.137. The van der Waals surface area contributed by atoms with Crippen molar-refractivity contribution >= 4 is 11.7 Å². The average Bonchev–Trinajstić information content (AvgIpc) is 2.87. The summed E-state index contributed by atoms with van der Waals surface area (Å²) in [6, 6.07) is 11.8. The summed E-state index contributed by atoms with van der Waals surface area (Å²) in [6.45, 7) is 1.85. The lowest BCUT2D eigenvalue weighted by Crippen LogP contribution is -2.07. The number of nitrogens with zero attached hydrogens (tertiary/aromatic N) is 1. The third kappa shape index (κ3) is 3.20. The second-order valence-electron chi connectivity index (χ2n) is 5.14. The summed E-state index contributed by atoms with van der Waals surface area (Å²) in [6.07, 6.45) is 0.0759. The van der Waals surface area contributed by atoms with Gasteiger partial charge in [-0.3, -0.25) is 4.79 Å². The van der Waals surface area contributed by atoms with Crippen LogP contribution < -0.4 is 4.90 Å². The maximum absolute atomic E-state index is 10.7. The summed E-state index contributed by atoms with van der Waals surface area (Å²) in [7, 11) is 3.99. The number of hydrogen-bond donors (Lipinski definition) is 1. The fraction of sp³-hybridized carbons (Fsp3) is 0.312. The minimum atomic E-state index is -0.814. The lowest BCUT2D eigenvalue weighted by atomic mass is 10.1. The third-order valence-corrected chi connectivity index (χ3v) is 3.26. The Morgan fingerprint density at radius 1 is 1.20 bits per heavy atom. The molecule has 1 aromatic heterocycles. The van der Waals surface area contributed by atoms with Gasteiger partial charge in [0, 0.05) is 31.3 Å². The van der Waals surface area contributed by atoms with E-state index in [4.69, 9.17) is 9.52 Å². The van der Waals surface area contributed by atoms with Crippen LogP contribution in [0, 0.1) is 0 Å². The number of hydrogen-bond acceptors (Lipinski definition) is 3. The van der Waals surface area contributed by atoms with Crippen LogP contribution >= 0.6 is 0 Å². The molecule has 4 nitrogen and oxygen atoms in total. The van der Waals surface area contributed by atoms with E-state index in [1.807, 2.05) is 62.3 Å². The fourth-order valence-corrected chi connectivity index (χ4v) is 2.06. The smallest absolute Gasteiger partial charge is 0.304 e. The van der Waals surface area contributed by atoms with E-state index < -0.39 is 5.97 Å². The van der Waals surface area contributed by atoms with Crippen LogP contribution in [-0.4, -0.2) is 25.2 Å². The number of furan rings is 1. The van der Waals surface area contributed by atoms with Gasteiger partial charge in [-0.25, -0.2) is 0 Å². The third-order valence-electron chi connectivity index (χ3n) is 3.26. The normalized spacial score (nSPS) is 12.2. The molecule has 0 aliphatic rings. The monoisotopic (exact) mass is 273 g/mol. The van der Waals surface area contributed by atoms with E-state index in [1.165, 1.54) is 0 Å². The van der Waals surface area contributed by atoms with Crippen molar-refractivity contribution in [2.75, 3.05) is 19.0 Å². The molecule has 1 N–H and O–H groups in total. The highest BCUT2D eigenvalue weighted by Gasteiger charge is 2.14. The van der Waals surface area contributed by atoms with Gasteiger partial charge in [0.05, 0.1) is 6.42 Å². The molecule has 20 heavy (non-hydrogen) atoms. The summed E-state index contributed by atoms with van der Waals surface area (Å²) in [4.78, 5) is 12.7. The Kier molecular flexibility index (Phi) is 4.13. The number of anilines is 1. The van der Waals surface area contributed by atoms with Gasteiger partial charge >= 0.3 is 5.97 Å². The number of carboxylic acids is 1. The van der Waals surface area contributed by atoms with E-state index in [-0.39, 0.29) is 12.3 Å². The molecule has 0 aliphatic carbocycles. The van der Waals surface area contributed by atoms with E-state index in [0.717, 1.165) is 17.0 Å². The summed E-state index contributed by atoms with van der Waals surface area (Å²) in [5.74, 6) is 0.537. The first-order valence-electron chi connectivity index (χ1n) is 6.56. The maximum Gasteiger partial charge on any atom is 0.304 e. The molecule has 4 heteroatoms. The predicted molar refractivity (Wildman–Crippen MR) is 79.1 cm³/mol. The topological polar surface area (TPSA) is 53.7 Å². The SMILES string of the molecule is CC(CC(=O)O)c1ccc(-c2ccc(N(C)C)cc2)o1. The van der Waals surface area contributed by atoms with Gasteiger partial charge in [0.25, 0.3) is 0 Å². The van der Waals surface area contributed by atoms with E-state index in [0.29, 0.717) is 5.76 Å². The van der Waals surface area contributed by atoms with Crippen LogP contribution in [0.2, 0.25) is 0 Å². The molecule has 0 saturated carbocycles. The summed E-state index contributed by atoms with van der Waals surface area (Å²) in [5.41, 5.74) is 2.11. The molecule has 0 amide bonds.